The second-order valence-corrected chi connectivity index (χ2v) is 4.65. The third-order valence-electron chi connectivity index (χ3n) is 3.01. The molecule has 0 aliphatic heterocycles. The molecule has 0 aliphatic carbocycles. The average Bonchev–Trinajstić information content (AvgIpc) is 2.37. The number of aromatic hydroxyl groups is 2. The van der Waals surface area contributed by atoms with Gasteiger partial charge in [-0.3, -0.25) is 0 Å². The number of nitrogens with two attached hydrogens (primary N) is 1. The van der Waals surface area contributed by atoms with Crippen LogP contribution in [0.5, 0.6) is 11.5 Å². The van der Waals surface area contributed by atoms with E-state index in [9.17, 15) is 15.0 Å². The van der Waals surface area contributed by atoms with Crippen molar-refractivity contribution in [3.05, 3.63) is 48.0 Å². The number of carbonyl (C=O) groups is 1. The summed E-state index contributed by atoms with van der Waals surface area (Å²) >= 11 is 0. The molecule has 2 aromatic rings. The maximum atomic E-state index is 10.8. The van der Waals surface area contributed by atoms with E-state index >= 15 is 0 Å². The maximum Gasteiger partial charge on any atom is 0.316 e. The molecule has 0 radical (unpaired) electrons. The summed E-state index contributed by atoms with van der Waals surface area (Å²) in [5.41, 5.74) is 6.75. The molecule has 1 unspecified atom stereocenters. The van der Waals surface area contributed by atoms with Crippen LogP contribution >= 0.6 is 0 Å². The van der Waals surface area contributed by atoms with Gasteiger partial charge in [-0.15, -0.1) is 0 Å². The van der Waals surface area contributed by atoms with Crippen LogP contribution in [0.2, 0.25) is 0 Å². The van der Waals surface area contributed by atoms with Crippen LogP contribution in [0, 0.1) is 0 Å². The Bertz CT molecular complexity index is 638. The molecule has 6 heteroatoms. The van der Waals surface area contributed by atoms with Gasteiger partial charge in [0.25, 0.3) is 0 Å². The molecule has 0 saturated heterocycles. The van der Waals surface area contributed by atoms with Crippen LogP contribution in [0.3, 0.4) is 0 Å². The van der Waals surface area contributed by atoms with E-state index in [-0.39, 0.29) is 17.5 Å². The Kier molecular flexibility index (Phi) is 4.18. The lowest BCUT2D eigenvalue weighted by atomic mass is 10.1. The van der Waals surface area contributed by atoms with Crippen molar-refractivity contribution in [1.29, 1.82) is 0 Å². The summed E-state index contributed by atoms with van der Waals surface area (Å²) in [7, 11) is 0. The Balaban J connectivity index is 2.19. The topological polar surface area (TPSA) is 108 Å². The van der Waals surface area contributed by atoms with E-state index in [1.165, 1.54) is 12.1 Å². The van der Waals surface area contributed by atoms with Crippen molar-refractivity contribution in [3.8, 4) is 11.5 Å². The van der Waals surface area contributed by atoms with Crippen molar-refractivity contribution in [2.75, 3.05) is 10.6 Å². The van der Waals surface area contributed by atoms with Gasteiger partial charge in [-0.2, -0.15) is 0 Å². The van der Waals surface area contributed by atoms with Gasteiger partial charge in [-0.05, 0) is 37.3 Å². The van der Waals surface area contributed by atoms with Gasteiger partial charge < -0.3 is 26.6 Å². The average molecular weight is 287 g/mol. The number of phenols is 2. The van der Waals surface area contributed by atoms with Gasteiger partial charge in [-0.1, -0.05) is 12.1 Å². The van der Waals surface area contributed by atoms with Crippen molar-refractivity contribution < 1.29 is 15.0 Å². The fraction of sp³-hybridized carbons (Fsp3) is 0.133. The molecule has 0 heterocycles. The number of urea groups is 1. The minimum absolute atomic E-state index is 0.0152. The molecule has 110 valence electrons. The zero-order chi connectivity index (χ0) is 15.4. The van der Waals surface area contributed by atoms with Gasteiger partial charge in [-0.25, -0.2) is 4.79 Å². The second-order valence-electron chi connectivity index (χ2n) is 4.65. The molecule has 6 nitrogen and oxygen atoms in total. The number of benzene rings is 2. The fourth-order valence-electron chi connectivity index (χ4n) is 2.14. The Hall–Kier alpha value is -2.89. The van der Waals surface area contributed by atoms with Crippen molar-refractivity contribution in [3.63, 3.8) is 0 Å². The number of primary amides is 1. The lowest BCUT2D eigenvalue weighted by Crippen LogP contribution is -2.19. The van der Waals surface area contributed by atoms with Crippen molar-refractivity contribution in [2.45, 2.75) is 13.0 Å². The molecule has 0 saturated carbocycles. The fourth-order valence-corrected chi connectivity index (χ4v) is 2.14. The van der Waals surface area contributed by atoms with E-state index in [0.29, 0.717) is 11.3 Å². The molecule has 1 atom stereocenters. The summed E-state index contributed by atoms with van der Waals surface area (Å²) in [6.07, 6.45) is 0. The highest BCUT2D eigenvalue weighted by Crippen LogP contribution is 2.34. The van der Waals surface area contributed by atoms with Crippen LogP contribution in [0.4, 0.5) is 16.2 Å². The summed E-state index contributed by atoms with van der Waals surface area (Å²) in [4.78, 5) is 10.8. The number of nitrogens with one attached hydrogen (secondary N) is 2. The molecular formula is C15H17N3O3. The van der Waals surface area contributed by atoms with Crippen LogP contribution in [-0.4, -0.2) is 16.2 Å². The van der Waals surface area contributed by atoms with Gasteiger partial charge in [0.2, 0.25) is 0 Å². The highest BCUT2D eigenvalue weighted by atomic mass is 16.3. The van der Waals surface area contributed by atoms with Crippen LogP contribution in [0.15, 0.2) is 42.5 Å². The molecule has 2 amide bonds. The van der Waals surface area contributed by atoms with Gasteiger partial charge in [0.05, 0.1) is 11.6 Å². The predicted molar refractivity (Wildman–Crippen MR) is 81.5 cm³/mol. The molecule has 0 spiro atoms. The van der Waals surface area contributed by atoms with Crippen LogP contribution in [-0.2, 0) is 0 Å². The molecule has 6 N–H and O–H groups in total. The monoisotopic (exact) mass is 287 g/mol. The lowest BCUT2D eigenvalue weighted by molar-refractivity contribution is 0.259. The smallest absolute Gasteiger partial charge is 0.316 e. The molecule has 0 bridgehead atoms. The number of rotatable bonds is 4. The maximum absolute atomic E-state index is 10.8. The second kappa shape index (κ2) is 6.04. The summed E-state index contributed by atoms with van der Waals surface area (Å²) in [6.45, 7) is 1.81. The predicted octanol–water partition coefficient (Wildman–Crippen LogP) is 2.76. The molecular weight excluding hydrogens is 270 g/mol. The summed E-state index contributed by atoms with van der Waals surface area (Å²) in [5.74, 6) is 0.0304. The summed E-state index contributed by atoms with van der Waals surface area (Å²) in [5, 5.41) is 25.3. The number of amides is 2. The van der Waals surface area contributed by atoms with E-state index < -0.39 is 6.03 Å². The molecule has 21 heavy (non-hydrogen) atoms. The minimum atomic E-state index is -0.640. The quantitative estimate of drug-likeness (QED) is 0.596. The van der Waals surface area contributed by atoms with E-state index in [2.05, 4.69) is 10.6 Å². The third kappa shape index (κ3) is 3.56. The number of phenolic OH excluding ortho intramolecular Hbond substituents is 2. The number of hydrogen-bond donors (Lipinski definition) is 5. The highest BCUT2D eigenvalue weighted by Gasteiger charge is 2.14. The van der Waals surface area contributed by atoms with E-state index in [1.807, 2.05) is 6.92 Å². The molecule has 2 aromatic carbocycles. The Morgan fingerprint density at radius 2 is 1.67 bits per heavy atom. The Labute approximate surface area is 122 Å². The minimum Gasteiger partial charge on any atom is -0.507 e. The van der Waals surface area contributed by atoms with Crippen LogP contribution < -0.4 is 16.4 Å². The zero-order valence-corrected chi connectivity index (χ0v) is 11.5. The summed E-state index contributed by atoms with van der Waals surface area (Å²) in [6, 6.07) is 10.6. The first kappa shape index (κ1) is 14.5. The largest absolute Gasteiger partial charge is 0.507 e. The van der Waals surface area contributed by atoms with Crippen molar-refractivity contribution >= 4 is 17.4 Å². The van der Waals surface area contributed by atoms with Crippen molar-refractivity contribution in [1.82, 2.24) is 0 Å². The van der Waals surface area contributed by atoms with Crippen LogP contribution in [0.1, 0.15) is 18.5 Å². The molecule has 0 aromatic heterocycles. The number of carbonyl (C=O) groups excluding carboxylic acids is 1. The summed E-state index contributed by atoms with van der Waals surface area (Å²) < 4.78 is 0. The number of hydrogen-bond acceptors (Lipinski definition) is 4. The van der Waals surface area contributed by atoms with Crippen LogP contribution in [0.25, 0.3) is 0 Å². The van der Waals surface area contributed by atoms with E-state index in [4.69, 9.17) is 5.73 Å². The van der Waals surface area contributed by atoms with E-state index in [0.717, 1.165) is 5.69 Å². The molecule has 0 fully saturated rings. The normalized spacial score (nSPS) is 11.7. The highest BCUT2D eigenvalue weighted by molar-refractivity contribution is 5.88. The zero-order valence-electron chi connectivity index (χ0n) is 11.5. The van der Waals surface area contributed by atoms with Gasteiger partial charge >= 0.3 is 6.03 Å². The first-order chi connectivity index (χ1) is 9.97. The van der Waals surface area contributed by atoms with E-state index in [1.54, 1.807) is 30.3 Å². The Morgan fingerprint density at radius 1 is 1.10 bits per heavy atom. The van der Waals surface area contributed by atoms with Gasteiger partial charge in [0, 0.05) is 11.4 Å². The molecule has 2 rings (SSSR count). The standard InChI is InChI=1S/C15H17N3O3/c1-9(14-12(19)6-3-7-13(14)20)17-10-4-2-5-11(8-10)18-15(16)21/h2-9,17,19-20H,1H3,(H3,16,18,21). The molecule has 0 aliphatic rings. The lowest BCUT2D eigenvalue weighted by Gasteiger charge is -2.18. The SMILES string of the molecule is CC(Nc1cccc(NC(N)=O)c1)c1c(O)cccc1O. The van der Waals surface area contributed by atoms with Crippen molar-refractivity contribution in [2.24, 2.45) is 5.73 Å². The third-order valence-corrected chi connectivity index (χ3v) is 3.01. The van der Waals surface area contributed by atoms with Gasteiger partial charge in [0.15, 0.2) is 0 Å². The van der Waals surface area contributed by atoms with Gasteiger partial charge in [0.1, 0.15) is 11.5 Å². The Morgan fingerprint density at radius 3 is 2.29 bits per heavy atom. The first-order valence-electron chi connectivity index (χ1n) is 6.41. The first-order valence-corrected chi connectivity index (χ1v) is 6.41. The number of anilines is 2.